The number of benzene rings is 1. The summed E-state index contributed by atoms with van der Waals surface area (Å²) in [6, 6.07) is 8.26. The summed E-state index contributed by atoms with van der Waals surface area (Å²) < 4.78 is 1.09. The average Bonchev–Trinajstić information content (AvgIpc) is 2.85. The van der Waals surface area contributed by atoms with Gasteiger partial charge in [-0.15, -0.1) is 11.3 Å². The molecule has 0 amide bonds. The van der Waals surface area contributed by atoms with Crippen LogP contribution >= 0.6 is 27.3 Å². The molecule has 1 aromatic carbocycles. The molecule has 0 aliphatic rings. The van der Waals surface area contributed by atoms with Gasteiger partial charge in [-0.1, -0.05) is 41.9 Å². The Morgan fingerprint density at radius 1 is 1.37 bits per heavy atom. The van der Waals surface area contributed by atoms with Gasteiger partial charge in [0.25, 0.3) is 0 Å². The highest BCUT2D eigenvalue weighted by molar-refractivity contribution is 9.10. The van der Waals surface area contributed by atoms with Crippen molar-refractivity contribution in [2.75, 3.05) is 6.54 Å². The van der Waals surface area contributed by atoms with Crippen LogP contribution in [0.4, 0.5) is 0 Å². The van der Waals surface area contributed by atoms with E-state index in [1.807, 2.05) is 12.1 Å². The van der Waals surface area contributed by atoms with E-state index in [1.165, 1.54) is 5.01 Å². The van der Waals surface area contributed by atoms with Gasteiger partial charge in [0, 0.05) is 15.4 Å². The molecule has 0 aliphatic carbocycles. The molecule has 0 aliphatic heterocycles. The molecule has 2 N–H and O–H groups in total. The van der Waals surface area contributed by atoms with Crippen molar-refractivity contribution in [3.05, 3.63) is 39.1 Å². The fourth-order valence-corrected chi connectivity index (χ4v) is 2.96. The number of rotatable bonds is 5. The summed E-state index contributed by atoms with van der Waals surface area (Å²) in [5.41, 5.74) is 8.18. The fourth-order valence-electron chi connectivity index (χ4n) is 1.75. The van der Waals surface area contributed by atoms with E-state index in [1.54, 1.807) is 11.3 Å². The second-order valence-electron chi connectivity index (χ2n) is 5.51. The largest absolute Gasteiger partial charge is 0.330 e. The van der Waals surface area contributed by atoms with Gasteiger partial charge in [-0.05, 0) is 36.9 Å². The zero-order chi connectivity index (χ0) is 13.9. The SMILES string of the molecule is CC(C)(CN)CCc1nc(-c2cccc(Br)c2)cs1. The molecule has 102 valence electrons. The molecule has 0 radical (unpaired) electrons. The van der Waals surface area contributed by atoms with Crippen molar-refractivity contribution in [1.29, 1.82) is 0 Å². The van der Waals surface area contributed by atoms with Crippen molar-refractivity contribution < 1.29 is 0 Å². The Balaban J connectivity index is 2.07. The van der Waals surface area contributed by atoms with E-state index in [9.17, 15) is 0 Å². The highest BCUT2D eigenvalue weighted by Crippen LogP contribution is 2.27. The number of hydrogen-bond donors (Lipinski definition) is 1. The third-order valence-electron chi connectivity index (χ3n) is 3.24. The third kappa shape index (κ3) is 4.13. The van der Waals surface area contributed by atoms with Gasteiger partial charge >= 0.3 is 0 Å². The van der Waals surface area contributed by atoms with Crippen molar-refractivity contribution in [2.45, 2.75) is 26.7 Å². The standard InChI is InChI=1S/C15H19BrN2S/c1-15(2,10-17)7-6-14-18-13(9-19-14)11-4-3-5-12(16)8-11/h3-5,8-9H,6-7,10,17H2,1-2H3. The van der Waals surface area contributed by atoms with Gasteiger partial charge in [0.15, 0.2) is 0 Å². The molecule has 0 spiro atoms. The third-order valence-corrected chi connectivity index (χ3v) is 4.64. The molecule has 2 aromatic rings. The van der Waals surface area contributed by atoms with Gasteiger partial charge in [-0.3, -0.25) is 0 Å². The summed E-state index contributed by atoms with van der Waals surface area (Å²) in [4.78, 5) is 4.72. The minimum atomic E-state index is 0.196. The normalized spacial score (nSPS) is 11.8. The lowest BCUT2D eigenvalue weighted by Crippen LogP contribution is -2.23. The molecular formula is C15H19BrN2S. The van der Waals surface area contributed by atoms with E-state index in [0.717, 1.165) is 35.1 Å². The summed E-state index contributed by atoms with van der Waals surface area (Å²) in [7, 11) is 0. The monoisotopic (exact) mass is 338 g/mol. The van der Waals surface area contributed by atoms with Gasteiger partial charge in [0.05, 0.1) is 10.7 Å². The summed E-state index contributed by atoms with van der Waals surface area (Å²) in [5, 5.41) is 3.32. The molecule has 0 unspecified atom stereocenters. The lowest BCUT2D eigenvalue weighted by molar-refractivity contribution is 0.348. The van der Waals surface area contributed by atoms with Gasteiger partial charge in [0.1, 0.15) is 0 Å². The van der Waals surface area contributed by atoms with Crippen LogP contribution in [-0.2, 0) is 6.42 Å². The molecule has 4 heteroatoms. The van der Waals surface area contributed by atoms with Gasteiger partial charge < -0.3 is 5.73 Å². The Labute approximate surface area is 127 Å². The molecule has 19 heavy (non-hydrogen) atoms. The first-order chi connectivity index (χ1) is 9.00. The van der Waals surface area contributed by atoms with Crippen molar-refractivity contribution >= 4 is 27.3 Å². The van der Waals surface area contributed by atoms with Crippen LogP contribution in [0.25, 0.3) is 11.3 Å². The number of aromatic nitrogens is 1. The van der Waals surface area contributed by atoms with E-state index in [4.69, 9.17) is 10.7 Å². The molecule has 0 bridgehead atoms. The molecule has 1 aromatic heterocycles. The summed E-state index contributed by atoms with van der Waals surface area (Å²) >= 11 is 5.23. The van der Waals surface area contributed by atoms with Gasteiger partial charge in [0.2, 0.25) is 0 Å². The van der Waals surface area contributed by atoms with Crippen LogP contribution in [-0.4, -0.2) is 11.5 Å². The maximum absolute atomic E-state index is 5.76. The molecule has 0 saturated heterocycles. The second-order valence-corrected chi connectivity index (χ2v) is 7.36. The zero-order valence-electron chi connectivity index (χ0n) is 11.3. The van der Waals surface area contributed by atoms with Crippen LogP contribution < -0.4 is 5.73 Å². The topological polar surface area (TPSA) is 38.9 Å². The minimum absolute atomic E-state index is 0.196. The maximum atomic E-state index is 5.76. The van der Waals surface area contributed by atoms with E-state index in [-0.39, 0.29) is 5.41 Å². The van der Waals surface area contributed by atoms with Gasteiger partial charge in [-0.2, -0.15) is 0 Å². The summed E-state index contributed by atoms with van der Waals surface area (Å²) in [6.07, 6.45) is 2.08. The van der Waals surface area contributed by atoms with E-state index >= 15 is 0 Å². The lowest BCUT2D eigenvalue weighted by atomic mass is 9.88. The van der Waals surface area contributed by atoms with Crippen molar-refractivity contribution in [3.8, 4) is 11.3 Å². The molecule has 2 nitrogen and oxygen atoms in total. The Bertz CT molecular complexity index is 549. The zero-order valence-corrected chi connectivity index (χ0v) is 13.7. The second kappa shape index (κ2) is 6.16. The van der Waals surface area contributed by atoms with E-state index in [2.05, 4.69) is 47.3 Å². The molecule has 1 heterocycles. The first-order valence-corrected chi connectivity index (χ1v) is 8.08. The van der Waals surface area contributed by atoms with Crippen LogP contribution in [0.1, 0.15) is 25.3 Å². The number of nitrogens with two attached hydrogens (primary N) is 1. The molecular weight excluding hydrogens is 320 g/mol. The summed E-state index contributed by atoms with van der Waals surface area (Å²) in [5.74, 6) is 0. The lowest BCUT2D eigenvalue weighted by Gasteiger charge is -2.21. The predicted molar refractivity (Wildman–Crippen MR) is 86.4 cm³/mol. The highest BCUT2D eigenvalue weighted by atomic mass is 79.9. The van der Waals surface area contributed by atoms with Crippen LogP contribution in [0.5, 0.6) is 0 Å². The number of halogens is 1. The number of hydrogen-bond acceptors (Lipinski definition) is 3. The molecule has 0 fully saturated rings. The van der Waals surface area contributed by atoms with E-state index in [0.29, 0.717) is 0 Å². The number of nitrogens with zero attached hydrogens (tertiary/aromatic N) is 1. The molecule has 2 rings (SSSR count). The predicted octanol–water partition coefficient (Wildman–Crippen LogP) is 4.49. The molecule has 0 atom stereocenters. The van der Waals surface area contributed by atoms with Crippen LogP contribution in [0.2, 0.25) is 0 Å². The highest BCUT2D eigenvalue weighted by Gasteiger charge is 2.16. The van der Waals surface area contributed by atoms with Crippen molar-refractivity contribution in [3.63, 3.8) is 0 Å². The minimum Gasteiger partial charge on any atom is -0.330 e. The smallest absolute Gasteiger partial charge is 0.0932 e. The van der Waals surface area contributed by atoms with Crippen LogP contribution in [0.3, 0.4) is 0 Å². The Hall–Kier alpha value is -0.710. The first kappa shape index (κ1) is 14.7. The molecule has 0 saturated carbocycles. The van der Waals surface area contributed by atoms with Gasteiger partial charge in [-0.25, -0.2) is 4.98 Å². The number of thiazole rings is 1. The summed E-state index contributed by atoms with van der Waals surface area (Å²) in [6.45, 7) is 5.13. The Morgan fingerprint density at radius 2 is 2.16 bits per heavy atom. The average molecular weight is 339 g/mol. The van der Waals surface area contributed by atoms with Crippen LogP contribution in [0, 0.1) is 5.41 Å². The van der Waals surface area contributed by atoms with E-state index < -0.39 is 0 Å². The first-order valence-electron chi connectivity index (χ1n) is 6.40. The Kier molecular flexibility index (Phi) is 4.76. The maximum Gasteiger partial charge on any atom is 0.0932 e. The quantitative estimate of drug-likeness (QED) is 0.872. The number of aryl methyl sites for hydroxylation is 1. The fraction of sp³-hybridized carbons (Fsp3) is 0.400. The van der Waals surface area contributed by atoms with Crippen molar-refractivity contribution in [2.24, 2.45) is 11.1 Å². The van der Waals surface area contributed by atoms with Crippen molar-refractivity contribution in [1.82, 2.24) is 4.98 Å². The Morgan fingerprint density at radius 3 is 2.84 bits per heavy atom. The van der Waals surface area contributed by atoms with Crippen LogP contribution in [0.15, 0.2) is 34.1 Å².